The summed E-state index contributed by atoms with van der Waals surface area (Å²) in [7, 11) is 0. The maximum absolute atomic E-state index is 6.16. The first-order chi connectivity index (χ1) is 10.8. The van der Waals surface area contributed by atoms with Crippen LogP contribution < -0.4 is 10.1 Å². The third kappa shape index (κ3) is 5.05. The molecule has 1 atom stereocenters. The van der Waals surface area contributed by atoms with E-state index in [4.69, 9.17) is 27.9 Å². The Balaban J connectivity index is 1.92. The molecule has 0 saturated heterocycles. The fourth-order valence-corrected chi connectivity index (χ4v) is 2.57. The second-order valence-electron chi connectivity index (χ2n) is 6.69. The van der Waals surface area contributed by atoms with Crippen molar-refractivity contribution in [3.8, 4) is 5.75 Å². The van der Waals surface area contributed by atoms with Gasteiger partial charge in [0.25, 0.3) is 0 Å². The van der Waals surface area contributed by atoms with Crippen LogP contribution in [0.1, 0.15) is 33.3 Å². The summed E-state index contributed by atoms with van der Waals surface area (Å²) in [6, 6.07) is 13.8. The molecule has 0 aliphatic carbocycles. The van der Waals surface area contributed by atoms with E-state index in [2.05, 4.69) is 38.2 Å². The Morgan fingerprint density at radius 3 is 2.30 bits per heavy atom. The first kappa shape index (κ1) is 18.0. The minimum Gasteiger partial charge on any atom is -0.489 e. The van der Waals surface area contributed by atoms with Crippen molar-refractivity contribution >= 4 is 28.9 Å². The first-order valence-corrected chi connectivity index (χ1v) is 8.48. The van der Waals surface area contributed by atoms with Crippen molar-refractivity contribution in [1.29, 1.82) is 0 Å². The highest BCUT2D eigenvalue weighted by atomic mass is 35.5. The molecule has 0 heterocycles. The number of rotatable bonds is 5. The summed E-state index contributed by atoms with van der Waals surface area (Å²) in [4.78, 5) is 0. The summed E-state index contributed by atoms with van der Waals surface area (Å²) >= 11 is 12.2. The molecule has 2 aromatic rings. The molecule has 2 rings (SSSR count). The minimum atomic E-state index is 0.00513. The van der Waals surface area contributed by atoms with Crippen LogP contribution in [0.25, 0.3) is 0 Å². The van der Waals surface area contributed by atoms with E-state index < -0.39 is 0 Å². The normalized spacial score (nSPS) is 12.8. The fraction of sp³-hybridized carbons (Fsp3) is 0.368. The highest BCUT2D eigenvalue weighted by Crippen LogP contribution is 2.29. The molecule has 0 amide bonds. The van der Waals surface area contributed by atoms with Crippen molar-refractivity contribution in [1.82, 2.24) is 0 Å². The summed E-state index contributed by atoms with van der Waals surface area (Å²) in [5.41, 5.74) is 2.26. The summed E-state index contributed by atoms with van der Waals surface area (Å²) in [6.45, 7) is 9.25. The van der Waals surface area contributed by atoms with Crippen molar-refractivity contribution in [2.24, 2.45) is 0 Å². The zero-order chi connectivity index (χ0) is 17.0. The Hall–Kier alpha value is -1.38. The van der Waals surface area contributed by atoms with Crippen LogP contribution >= 0.6 is 23.2 Å². The minimum absolute atomic E-state index is 0.00513. The van der Waals surface area contributed by atoms with Gasteiger partial charge in [0.15, 0.2) is 0 Å². The van der Waals surface area contributed by atoms with Gasteiger partial charge in [-0.3, -0.25) is 0 Å². The Morgan fingerprint density at radius 1 is 1.04 bits per heavy atom. The SMILES string of the molecule is CC(CNc1cccc(Cl)c1Cl)Oc1ccc(C(C)(C)C)cc1. The van der Waals surface area contributed by atoms with Crippen molar-refractivity contribution in [2.45, 2.75) is 39.2 Å². The maximum Gasteiger partial charge on any atom is 0.119 e. The van der Waals surface area contributed by atoms with Crippen LogP contribution in [0.3, 0.4) is 0 Å². The molecule has 0 aliphatic heterocycles. The number of benzene rings is 2. The molecule has 2 nitrogen and oxygen atoms in total. The molecule has 1 unspecified atom stereocenters. The van der Waals surface area contributed by atoms with Crippen LogP contribution in [0.5, 0.6) is 5.75 Å². The van der Waals surface area contributed by atoms with Gasteiger partial charge in [0, 0.05) is 0 Å². The molecule has 0 aliphatic rings. The average molecular weight is 352 g/mol. The van der Waals surface area contributed by atoms with Gasteiger partial charge in [-0.2, -0.15) is 0 Å². The van der Waals surface area contributed by atoms with Crippen molar-refractivity contribution in [3.63, 3.8) is 0 Å². The second-order valence-corrected chi connectivity index (χ2v) is 7.47. The predicted molar refractivity (Wildman–Crippen MR) is 100 cm³/mol. The Bertz CT molecular complexity index is 647. The molecular weight excluding hydrogens is 329 g/mol. The van der Waals surface area contributed by atoms with E-state index in [0.717, 1.165) is 11.4 Å². The summed E-state index contributed by atoms with van der Waals surface area (Å²) in [6.07, 6.45) is 0.00513. The summed E-state index contributed by atoms with van der Waals surface area (Å²) < 4.78 is 5.94. The molecule has 0 fully saturated rings. The van der Waals surface area contributed by atoms with Crippen LogP contribution in [0.4, 0.5) is 5.69 Å². The topological polar surface area (TPSA) is 21.3 Å². The standard InChI is InChI=1S/C19H23Cl2NO/c1-13(12-22-17-7-5-6-16(20)18(17)21)23-15-10-8-14(9-11-15)19(2,3)4/h5-11,13,22H,12H2,1-4H3. The number of hydrogen-bond acceptors (Lipinski definition) is 2. The van der Waals surface area contributed by atoms with E-state index in [0.29, 0.717) is 16.6 Å². The Morgan fingerprint density at radius 2 is 1.70 bits per heavy atom. The number of nitrogens with one attached hydrogen (secondary N) is 1. The lowest BCUT2D eigenvalue weighted by Gasteiger charge is -2.20. The van der Waals surface area contributed by atoms with Gasteiger partial charge in [0.1, 0.15) is 11.9 Å². The lowest BCUT2D eigenvalue weighted by Crippen LogP contribution is -2.22. The average Bonchev–Trinajstić information content (AvgIpc) is 2.48. The third-order valence-electron chi connectivity index (χ3n) is 3.59. The number of hydrogen-bond donors (Lipinski definition) is 1. The van der Waals surface area contributed by atoms with Gasteiger partial charge in [-0.05, 0) is 42.2 Å². The zero-order valence-corrected chi connectivity index (χ0v) is 15.5. The van der Waals surface area contributed by atoms with E-state index in [1.54, 1.807) is 6.07 Å². The van der Waals surface area contributed by atoms with Crippen LogP contribution in [0.15, 0.2) is 42.5 Å². The molecule has 0 spiro atoms. The maximum atomic E-state index is 6.16. The lowest BCUT2D eigenvalue weighted by molar-refractivity contribution is 0.234. The van der Waals surface area contributed by atoms with E-state index in [1.165, 1.54) is 5.56 Å². The van der Waals surface area contributed by atoms with Crippen molar-refractivity contribution in [3.05, 3.63) is 58.1 Å². The molecule has 0 bridgehead atoms. The van der Waals surface area contributed by atoms with Gasteiger partial charge < -0.3 is 10.1 Å². The Kier molecular flexibility index (Phi) is 5.83. The van der Waals surface area contributed by atoms with Gasteiger partial charge >= 0.3 is 0 Å². The van der Waals surface area contributed by atoms with Gasteiger partial charge in [-0.15, -0.1) is 0 Å². The molecule has 4 heteroatoms. The van der Waals surface area contributed by atoms with E-state index in [-0.39, 0.29) is 11.5 Å². The highest BCUT2D eigenvalue weighted by Gasteiger charge is 2.13. The molecular formula is C19H23Cl2NO. The molecule has 1 N–H and O–H groups in total. The summed E-state index contributed by atoms with van der Waals surface area (Å²) in [5.74, 6) is 0.865. The van der Waals surface area contributed by atoms with E-state index >= 15 is 0 Å². The monoisotopic (exact) mass is 351 g/mol. The third-order valence-corrected chi connectivity index (χ3v) is 4.41. The van der Waals surface area contributed by atoms with Crippen LogP contribution in [0.2, 0.25) is 10.0 Å². The van der Waals surface area contributed by atoms with Gasteiger partial charge in [-0.25, -0.2) is 0 Å². The van der Waals surface area contributed by atoms with Gasteiger partial charge in [0.05, 0.1) is 22.3 Å². The first-order valence-electron chi connectivity index (χ1n) is 7.72. The zero-order valence-electron chi connectivity index (χ0n) is 14.0. The summed E-state index contributed by atoms with van der Waals surface area (Å²) in [5, 5.41) is 4.35. The highest BCUT2D eigenvalue weighted by molar-refractivity contribution is 6.43. The smallest absolute Gasteiger partial charge is 0.119 e. The van der Waals surface area contributed by atoms with Crippen molar-refractivity contribution < 1.29 is 4.74 Å². The van der Waals surface area contributed by atoms with Crippen LogP contribution in [-0.2, 0) is 5.41 Å². The quantitative estimate of drug-likeness (QED) is 0.695. The predicted octanol–water partition coefficient (Wildman–Crippen LogP) is 6.17. The van der Waals surface area contributed by atoms with E-state index in [1.807, 2.05) is 31.2 Å². The molecule has 0 saturated carbocycles. The molecule has 124 valence electrons. The fourth-order valence-electron chi connectivity index (χ4n) is 2.20. The van der Waals surface area contributed by atoms with Crippen molar-refractivity contribution in [2.75, 3.05) is 11.9 Å². The van der Waals surface area contributed by atoms with Crippen LogP contribution in [0, 0.1) is 0 Å². The van der Waals surface area contributed by atoms with Gasteiger partial charge in [0.2, 0.25) is 0 Å². The Labute approximate surface area is 148 Å². The second kappa shape index (κ2) is 7.46. The number of anilines is 1. The number of halogens is 2. The van der Waals surface area contributed by atoms with Gasteiger partial charge in [-0.1, -0.05) is 62.2 Å². The molecule has 23 heavy (non-hydrogen) atoms. The van der Waals surface area contributed by atoms with Crippen LogP contribution in [-0.4, -0.2) is 12.6 Å². The molecule has 0 radical (unpaired) electrons. The number of ether oxygens (including phenoxy) is 1. The molecule has 2 aromatic carbocycles. The largest absolute Gasteiger partial charge is 0.489 e. The molecule has 0 aromatic heterocycles. The lowest BCUT2D eigenvalue weighted by atomic mass is 9.87. The van der Waals surface area contributed by atoms with E-state index in [9.17, 15) is 0 Å².